The van der Waals surface area contributed by atoms with E-state index in [0.29, 0.717) is 25.8 Å². The van der Waals surface area contributed by atoms with E-state index in [-0.39, 0.29) is 24.4 Å². The first-order valence-corrected chi connectivity index (χ1v) is 21.8. The van der Waals surface area contributed by atoms with Gasteiger partial charge in [-0.15, -0.1) is 0 Å². The molecule has 51 heavy (non-hydrogen) atoms. The van der Waals surface area contributed by atoms with Crippen molar-refractivity contribution in [3.8, 4) is 0 Å². The van der Waals surface area contributed by atoms with Crippen LogP contribution in [0.15, 0.2) is 30.3 Å². The maximum Gasteiger partial charge on any atom is 0.328 e. The highest BCUT2D eigenvalue weighted by atomic mass is 16.5. The fourth-order valence-corrected chi connectivity index (χ4v) is 6.74. The van der Waals surface area contributed by atoms with Crippen LogP contribution in [0.25, 0.3) is 0 Å². The van der Waals surface area contributed by atoms with Gasteiger partial charge in [0.15, 0.2) is 0 Å². The van der Waals surface area contributed by atoms with E-state index >= 15 is 0 Å². The number of rotatable bonds is 37. The van der Waals surface area contributed by atoms with Gasteiger partial charge in [-0.05, 0) is 37.7 Å². The molecule has 0 aliphatic carbocycles. The zero-order chi connectivity index (χ0) is 36.9. The molecule has 0 saturated heterocycles. The van der Waals surface area contributed by atoms with Crippen molar-refractivity contribution in [3.63, 3.8) is 0 Å². The van der Waals surface area contributed by atoms with Crippen LogP contribution in [0.3, 0.4) is 0 Å². The molecule has 0 radical (unpaired) electrons. The zero-order valence-electron chi connectivity index (χ0n) is 33.4. The average molecular weight is 713 g/mol. The van der Waals surface area contributed by atoms with Gasteiger partial charge in [0.2, 0.25) is 11.8 Å². The largest absolute Gasteiger partial charge is 0.459 e. The Kier molecular flexibility index (Phi) is 32.9. The third-order valence-corrected chi connectivity index (χ3v) is 10.1. The van der Waals surface area contributed by atoms with Gasteiger partial charge in [0.05, 0.1) is 0 Å². The number of benzene rings is 1. The Bertz CT molecular complexity index is 937. The summed E-state index contributed by atoms with van der Waals surface area (Å²) in [5.74, 6) is -0.349. The van der Waals surface area contributed by atoms with Crippen LogP contribution in [0.4, 0.5) is 0 Å². The highest BCUT2D eigenvalue weighted by molar-refractivity contribution is 5.84. The quantitative estimate of drug-likeness (QED) is 0.0531. The van der Waals surface area contributed by atoms with E-state index in [1.165, 1.54) is 135 Å². The van der Waals surface area contributed by atoms with Crippen LogP contribution in [0.5, 0.6) is 0 Å². The van der Waals surface area contributed by atoms with Gasteiger partial charge in [-0.2, -0.15) is 0 Å². The van der Waals surface area contributed by atoms with Gasteiger partial charge in [0, 0.05) is 19.4 Å². The highest BCUT2D eigenvalue weighted by Crippen LogP contribution is 2.15. The van der Waals surface area contributed by atoms with E-state index in [1.54, 1.807) is 0 Å². The maximum atomic E-state index is 13.0. The summed E-state index contributed by atoms with van der Waals surface area (Å²) < 4.78 is 5.60. The molecule has 0 fully saturated rings. The van der Waals surface area contributed by atoms with Crippen molar-refractivity contribution in [3.05, 3.63) is 35.9 Å². The van der Waals surface area contributed by atoms with E-state index in [9.17, 15) is 14.4 Å². The molecule has 0 aromatic heterocycles. The minimum atomic E-state index is -0.662. The second kappa shape index (κ2) is 36.0. The number of hydrogen-bond acceptors (Lipinski definition) is 4. The lowest BCUT2D eigenvalue weighted by Gasteiger charge is -2.18. The van der Waals surface area contributed by atoms with Crippen LogP contribution in [0.1, 0.15) is 218 Å². The summed E-state index contributed by atoms with van der Waals surface area (Å²) in [5, 5.41) is 6.00. The number of nitrogens with one attached hydrogen (secondary N) is 2. The summed E-state index contributed by atoms with van der Waals surface area (Å²) in [6.45, 7) is 5.32. The molecule has 1 aromatic carbocycles. The van der Waals surface area contributed by atoms with Crippen molar-refractivity contribution in [1.82, 2.24) is 10.6 Å². The van der Waals surface area contributed by atoms with Crippen molar-refractivity contribution < 1.29 is 19.1 Å². The van der Waals surface area contributed by atoms with E-state index in [1.807, 2.05) is 30.3 Å². The summed E-state index contributed by atoms with van der Waals surface area (Å²) in [4.78, 5) is 38.1. The zero-order valence-corrected chi connectivity index (χ0v) is 33.4. The van der Waals surface area contributed by atoms with Gasteiger partial charge in [-0.25, -0.2) is 4.79 Å². The number of esters is 1. The lowest BCUT2D eigenvalue weighted by atomic mass is 10.0. The number of hydrogen-bond donors (Lipinski definition) is 2. The van der Waals surface area contributed by atoms with Gasteiger partial charge in [-0.1, -0.05) is 198 Å². The van der Waals surface area contributed by atoms with E-state index in [4.69, 9.17) is 4.74 Å². The van der Waals surface area contributed by atoms with E-state index in [0.717, 1.165) is 50.5 Å². The minimum absolute atomic E-state index is 0.0779. The normalized spacial score (nSPS) is 11.7. The first-order valence-electron chi connectivity index (χ1n) is 21.8. The SMILES string of the molecule is CCCCCCCCCCCCCCCC(=O)NCCCC[C@H](NC(=O)CCCCCCCCCCCCCCC)C(=O)OCc1ccccc1. The molecule has 0 spiro atoms. The van der Waals surface area contributed by atoms with Gasteiger partial charge >= 0.3 is 5.97 Å². The lowest BCUT2D eigenvalue weighted by molar-refractivity contribution is -0.149. The van der Waals surface area contributed by atoms with Crippen molar-refractivity contribution in [1.29, 1.82) is 0 Å². The van der Waals surface area contributed by atoms with E-state index < -0.39 is 6.04 Å². The Morgan fingerprint density at radius 3 is 1.37 bits per heavy atom. The smallest absolute Gasteiger partial charge is 0.328 e. The third-order valence-electron chi connectivity index (χ3n) is 10.1. The van der Waals surface area contributed by atoms with Crippen LogP contribution >= 0.6 is 0 Å². The van der Waals surface area contributed by atoms with Crippen molar-refractivity contribution in [2.45, 2.75) is 226 Å². The third kappa shape index (κ3) is 30.9. The summed E-state index contributed by atoms with van der Waals surface area (Å²) >= 11 is 0. The van der Waals surface area contributed by atoms with E-state index in [2.05, 4.69) is 24.5 Å². The first-order chi connectivity index (χ1) is 25.1. The molecule has 2 amide bonds. The molecular formula is C45H80N2O4. The Labute approximate surface area is 314 Å². The standard InChI is InChI=1S/C45H80N2O4/c1-3-5-7-9-11-13-15-17-19-21-23-25-30-37-43(48)46-39-33-32-36-42(45(50)51-40-41-34-28-27-29-35-41)47-44(49)38-31-26-24-22-20-18-16-14-12-10-8-6-4-2/h27-29,34-35,42H,3-26,30-33,36-40H2,1-2H3,(H,46,48)(H,47,49)/t42-/m0/s1. The Morgan fingerprint density at radius 2 is 0.922 bits per heavy atom. The van der Waals surface area contributed by atoms with Gasteiger partial charge in [0.25, 0.3) is 0 Å². The second-order valence-electron chi connectivity index (χ2n) is 15.0. The second-order valence-corrected chi connectivity index (χ2v) is 15.0. The summed E-state index contributed by atoms with van der Waals surface area (Å²) in [7, 11) is 0. The highest BCUT2D eigenvalue weighted by Gasteiger charge is 2.22. The molecule has 6 heteroatoms. The van der Waals surface area contributed by atoms with Crippen LogP contribution < -0.4 is 10.6 Å². The fraction of sp³-hybridized carbons (Fsp3) is 0.800. The summed E-state index contributed by atoms with van der Waals surface area (Å²) in [6.07, 6.45) is 36.4. The lowest BCUT2D eigenvalue weighted by Crippen LogP contribution is -2.41. The van der Waals surface area contributed by atoms with Gasteiger partial charge in [0.1, 0.15) is 12.6 Å². The molecular weight excluding hydrogens is 633 g/mol. The molecule has 6 nitrogen and oxygen atoms in total. The van der Waals surface area contributed by atoms with Crippen molar-refractivity contribution in [2.75, 3.05) is 6.54 Å². The number of unbranched alkanes of at least 4 members (excludes halogenated alkanes) is 25. The molecule has 1 aromatic rings. The molecule has 1 rings (SSSR count). The van der Waals surface area contributed by atoms with Crippen LogP contribution in [0, 0.1) is 0 Å². The van der Waals surface area contributed by atoms with Crippen LogP contribution in [-0.2, 0) is 25.7 Å². The van der Waals surface area contributed by atoms with Crippen LogP contribution in [-0.4, -0.2) is 30.4 Å². The molecule has 1 atom stereocenters. The van der Waals surface area contributed by atoms with Crippen molar-refractivity contribution in [2.24, 2.45) is 0 Å². The molecule has 0 heterocycles. The molecule has 0 saturated carbocycles. The molecule has 2 N–H and O–H groups in total. The predicted molar refractivity (Wildman–Crippen MR) is 216 cm³/mol. The molecule has 0 aliphatic rings. The molecule has 0 bridgehead atoms. The predicted octanol–water partition coefficient (Wildman–Crippen LogP) is 12.5. The topological polar surface area (TPSA) is 84.5 Å². The van der Waals surface area contributed by atoms with Gasteiger partial charge < -0.3 is 15.4 Å². The van der Waals surface area contributed by atoms with Crippen molar-refractivity contribution >= 4 is 17.8 Å². The maximum absolute atomic E-state index is 13.0. The Hall–Kier alpha value is -2.37. The number of ether oxygens (including phenoxy) is 1. The number of carbonyl (C=O) groups excluding carboxylic acids is 3. The first kappa shape index (κ1) is 46.7. The molecule has 0 unspecified atom stereocenters. The molecule has 294 valence electrons. The minimum Gasteiger partial charge on any atom is -0.459 e. The number of carbonyl (C=O) groups is 3. The summed E-state index contributed by atoms with van der Waals surface area (Å²) in [5.41, 5.74) is 0.925. The fourth-order valence-electron chi connectivity index (χ4n) is 6.74. The monoisotopic (exact) mass is 713 g/mol. The Balaban J connectivity index is 2.19. The Morgan fingerprint density at radius 1 is 0.510 bits per heavy atom. The molecule has 0 aliphatic heterocycles. The summed E-state index contributed by atoms with van der Waals surface area (Å²) in [6, 6.07) is 8.97. The number of amides is 2. The van der Waals surface area contributed by atoms with Gasteiger partial charge in [-0.3, -0.25) is 9.59 Å². The van der Waals surface area contributed by atoms with Crippen LogP contribution in [0.2, 0.25) is 0 Å². The average Bonchev–Trinajstić information content (AvgIpc) is 3.14.